The van der Waals surface area contributed by atoms with E-state index in [1.54, 1.807) is 25.1 Å². The van der Waals surface area contributed by atoms with E-state index in [4.69, 9.17) is 0 Å². The fourth-order valence-corrected chi connectivity index (χ4v) is 3.86. The minimum Gasteiger partial charge on any atom is -0.338 e. The molecule has 0 fully saturated rings. The lowest BCUT2D eigenvalue weighted by Gasteiger charge is -2.12. The largest absolute Gasteiger partial charge is 0.338 e. The fourth-order valence-electron chi connectivity index (χ4n) is 2.29. The number of hydrogen-bond acceptors (Lipinski definition) is 6. The zero-order valence-corrected chi connectivity index (χ0v) is 15.5. The van der Waals surface area contributed by atoms with Gasteiger partial charge in [0.15, 0.2) is 5.16 Å². The number of carbonyl (C=O) groups is 2. The van der Waals surface area contributed by atoms with Crippen molar-refractivity contribution in [2.75, 3.05) is 12.3 Å². The van der Waals surface area contributed by atoms with Crippen LogP contribution in [0.5, 0.6) is 0 Å². The zero-order chi connectivity index (χ0) is 18.5. The average molecular weight is 388 g/mol. The van der Waals surface area contributed by atoms with Gasteiger partial charge in [0.1, 0.15) is 4.70 Å². The molecule has 0 unspecified atom stereocenters. The second-order valence-electron chi connectivity index (χ2n) is 5.20. The molecule has 7 nitrogen and oxygen atoms in total. The molecule has 0 spiro atoms. The number of nitrogens with one attached hydrogen (secondary N) is 2. The van der Waals surface area contributed by atoms with Crippen molar-refractivity contribution >= 4 is 45.3 Å². The Labute approximate surface area is 157 Å². The number of nitrogens with zero attached hydrogens (tertiary/aromatic N) is 2. The van der Waals surface area contributed by atoms with Gasteiger partial charge in [0.05, 0.1) is 17.0 Å². The number of thiophene rings is 1. The molecule has 1 aromatic carbocycles. The lowest BCUT2D eigenvalue weighted by molar-refractivity contribution is -0.117. The van der Waals surface area contributed by atoms with Crippen LogP contribution in [0.25, 0.3) is 15.9 Å². The van der Waals surface area contributed by atoms with Gasteiger partial charge in [-0.3, -0.25) is 19.5 Å². The van der Waals surface area contributed by atoms with Gasteiger partial charge in [0.25, 0.3) is 5.56 Å². The van der Waals surface area contributed by atoms with Crippen LogP contribution in [0, 0.1) is 0 Å². The van der Waals surface area contributed by atoms with Crippen molar-refractivity contribution in [1.82, 2.24) is 20.2 Å². The summed E-state index contributed by atoms with van der Waals surface area (Å²) in [6, 6.07) is 10.4. The number of hydrogen-bond donors (Lipinski definition) is 2. The van der Waals surface area contributed by atoms with Crippen molar-refractivity contribution < 1.29 is 9.59 Å². The lowest BCUT2D eigenvalue weighted by atomic mass is 10.3. The Bertz CT molecular complexity index is 998. The number of aromatic nitrogens is 2. The van der Waals surface area contributed by atoms with Crippen molar-refractivity contribution in [2.24, 2.45) is 0 Å². The summed E-state index contributed by atoms with van der Waals surface area (Å²) in [5.74, 6) is -0.494. The molecule has 134 valence electrons. The molecule has 0 saturated carbocycles. The molecule has 0 atom stereocenters. The van der Waals surface area contributed by atoms with E-state index in [-0.39, 0.29) is 11.3 Å². The van der Waals surface area contributed by atoms with E-state index >= 15 is 0 Å². The van der Waals surface area contributed by atoms with E-state index in [9.17, 15) is 14.4 Å². The SMILES string of the molecule is CCNC(=O)NC(=O)CSc1nc2ccsc2c(=O)n1-c1ccccc1. The Morgan fingerprint density at radius 2 is 2.00 bits per heavy atom. The number of rotatable bonds is 5. The van der Waals surface area contributed by atoms with Crippen LogP contribution in [0.1, 0.15) is 6.92 Å². The molecule has 3 rings (SSSR count). The summed E-state index contributed by atoms with van der Waals surface area (Å²) in [6.45, 7) is 2.19. The molecule has 0 aliphatic rings. The van der Waals surface area contributed by atoms with Gasteiger partial charge in [0, 0.05) is 6.54 Å². The monoisotopic (exact) mass is 388 g/mol. The van der Waals surface area contributed by atoms with Gasteiger partial charge in [0.2, 0.25) is 5.91 Å². The highest BCUT2D eigenvalue weighted by Gasteiger charge is 2.16. The van der Waals surface area contributed by atoms with E-state index in [1.165, 1.54) is 15.9 Å². The number of amides is 3. The highest BCUT2D eigenvalue weighted by Crippen LogP contribution is 2.23. The first-order chi connectivity index (χ1) is 12.6. The number of urea groups is 1. The van der Waals surface area contributed by atoms with Gasteiger partial charge in [-0.1, -0.05) is 30.0 Å². The van der Waals surface area contributed by atoms with Crippen LogP contribution < -0.4 is 16.2 Å². The molecule has 2 aromatic heterocycles. The smallest absolute Gasteiger partial charge is 0.321 e. The first kappa shape index (κ1) is 18.2. The Hall–Kier alpha value is -2.65. The average Bonchev–Trinajstić information content (AvgIpc) is 3.10. The van der Waals surface area contributed by atoms with Crippen molar-refractivity contribution in [3.8, 4) is 5.69 Å². The summed E-state index contributed by atoms with van der Waals surface area (Å²) in [4.78, 5) is 40.8. The summed E-state index contributed by atoms with van der Waals surface area (Å²) in [5, 5.41) is 6.94. The van der Waals surface area contributed by atoms with Crippen LogP contribution in [0.15, 0.2) is 51.7 Å². The molecule has 0 aliphatic carbocycles. The molecule has 3 aromatic rings. The summed E-state index contributed by atoms with van der Waals surface area (Å²) in [7, 11) is 0. The Balaban J connectivity index is 1.91. The maximum atomic E-state index is 12.9. The number of thioether (sulfide) groups is 1. The second-order valence-corrected chi connectivity index (χ2v) is 7.06. The third-order valence-electron chi connectivity index (χ3n) is 3.39. The highest BCUT2D eigenvalue weighted by atomic mass is 32.2. The summed E-state index contributed by atoms with van der Waals surface area (Å²) in [6.07, 6.45) is 0. The number of para-hydroxylation sites is 1. The topological polar surface area (TPSA) is 93.1 Å². The molecular formula is C17H16N4O3S2. The maximum absolute atomic E-state index is 12.9. The van der Waals surface area contributed by atoms with E-state index in [0.717, 1.165) is 11.8 Å². The Morgan fingerprint density at radius 3 is 2.73 bits per heavy atom. The van der Waals surface area contributed by atoms with Crippen molar-refractivity contribution in [2.45, 2.75) is 12.1 Å². The van der Waals surface area contributed by atoms with Crippen LogP contribution >= 0.6 is 23.1 Å². The Kier molecular flexibility index (Phi) is 5.69. The highest BCUT2D eigenvalue weighted by molar-refractivity contribution is 7.99. The molecule has 9 heteroatoms. The van der Waals surface area contributed by atoms with Gasteiger partial charge < -0.3 is 5.32 Å². The molecule has 0 radical (unpaired) electrons. The first-order valence-corrected chi connectivity index (χ1v) is 9.73. The maximum Gasteiger partial charge on any atom is 0.321 e. The lowest BCUT2D eigenvalue weighted by Crippen LogP contribution is -2.40. The van der Waals surface area contributed by atoms with Gasteiger partial charge >= 0.3 is 6.03 Å². The van der Waals surface area contributed by atoms with E-state index in [2.05, 4.69) is 15.6 Å². The number of fused-ring (bicyclic) bond motifs is 1. The molecular weight excluding hydrogens is 372 g/mol. The summed E-state index contributed by atoms with van der Waals surface area (Å²) in [5.41, 5.74) is 1.09. The molecule has 2 heterocycles. The second kappa shape index (κ2) is 8.15. The molecule has 3 amide bonds. The standard InChI is InChI=1S/C17H16N4O3S2/c1-2-18-16(24)20-13(22)10-26-17-19-12-8-9-25-14(12)15(23)21(17)11-6-4-3-5-7-11/h3-9H,2,10H2,1H3,(H2,18,20,22,24). The van der Waals surface area contributed by atoms with Crippen LogP contribution in [-0.2, 0) is 4.79 Å². The van der Waals surface area contributed by atoms with Gasteiger partial charge in [-0.15, -0.1) is 11.3 Å². The summed E-state index contributed by atoms with van der Waals surface area (Å²) < 4.78 is 2.05. The molecule has 2 N–H and O–H groups in total. The number of benzene rings is 1. The van der Waals surface area contributed by atoms with E-state index in [1.807, 2.05) is 23.6 Å². The van der Waals surface area contributed by atoms with Gasteiger partial charge in [-0.25, -0.2) is 9.78 Å². The minimum absolute atomic E-state index is 0.0357. The van der Waals surface area contributed by atoms with Crippen molar-refractivity contribution in [3.05, 3.63) is 52.1 Å². The third kappa shape index (κ3) is 3.94. The van der Waals surface area contributed by atoms with Gasteiger partial charge in [-0.05, 0) is 30.5 Å². The Morgan fingerprint density at radius 1 is 1.23 bits per heavy atom. The minimum atomic E-state index is -0.542. The van der Waals surface area contributed by atoms with E-state index in [0.29, 0.717) is 27.6 Å². The predicted molar refractivity (Wildman–Crippen MR) is 103 cm³/mol. The molecule has 0 bridgehead atoms. The number of imide groups is 1. The zero-order valence-electron chi connectivity index (χ0n) is 13.9. The third-order valence-corrected chi connectivity index (χ3v) is 5.22. The quantitative estimate of drug-likeness (QED) is 0.517. The summed E-state index contributed by atoms with van der Waals surface area (Å²) >= 11 is 2.44. The molecule has 0 aliphatic heterocycles. The van der Waals surface area contributed by atoms with Gasteiger partial charge in [-0.2, -0.15) is 0 Å². The fraction of sp³-hybridized carbons (Fsp3) is 0.176. The van der Waals surface area contributed by atoms with Crippen LogP contribution in [0.3, 0.4) is 0 Å². The molecule has 26 heavy (non-hydrogen) atoms. The van der Waals surface area contributed by atoms with E-state index < -0.39 is 11.9 Å². The normalized spacial score (nSPS) is 10.7. The molecule has 0 saturated heterocycles. The predicted octanol–water partition coefficient (Wildman–Crippen LogP) is 2.39. The van der Waals surface area contributed by atoms with Crippen LogP contribution in [-0.4, -0.2) is 33.8 Å². The van der Waals surface area contributed by atoms with Crippen molar-refractivity contribution in [3.63, 3.8) is 0 Å². The first-order valence-electron chi connectivity index (χ1n) is 7.86. The number of carbonyl (C=O) groups excluding carboxylic acids is 2. The van der Waals surface area contributed by atoms with Crippen LogP contribution in [0.2, 0.25) is 0 Å². The van der Waals surface area contributed by atoms with Crippen molar-refractivity contribution in [1.29, 1.82) is 0 Å². The van der Waals surface area contributed by atoms with Crippen LogP contribution in [0.4, 0.5) is 4.79 Å².